The minimum absolute atomic E-state index is 0.0997. The Bertz CT molecular complexity index is 579. The van der Waals surface area contributed by atoms with Crippen LogP contribution >= 0.6 is 0 Å². The first-order valence-corrected chi connectivity index (χ1v) is 8.85. The molecule has 0 amide bonds. The van der Waals surface area contributed by atoms with Gasteiger partial charge in [0.25, 0.3) is 0 Å². The van der Waals surface area contributed by atoms with Crippen molar-refractivity contribution in [3.05, 3.63) is 29.3 Å². The van der Waals surface area contributed by atoms with Crippen molar-refractivity contribution in [1.82, 2.24) is 5.32 Å². The Morgan fingerprint density at radius 1 is 1.39 bits per heavy atom. The first-order valence-electron chi connectivity index (χ1n) is 8.85. The smallest absolute Gasteiger partial charge is 0.175 e. The van der Waals surface area contributed by atoms with Crippen LogP contribution in [0, 0.1) is 12.3 Å². The highest BCUT2D eigenvalue weighted by atomic mass is 16.1. The number of benzene rings is 1. The second-order valence-electron chi connectivity index (χ2n) is 7.74. The second kappa shape index (κ2) is 6.64. The number of para-hydroxylation sites is 1. The Labute approximate surface area is 141 Å². The SMILES string of the molecule is CCCC(C)(C)C1(C)Nc2c(C)cccc2CCC(NC)C1=O. The third-order valence-corrected chi connectivity index (χ3v) is 5.82. The van der Waals surface area contributed by atoms with Crippen LogP contribution in [0.4, 0.5) is 5.69 Å². The van der Waals surface area contributed by atoms with Crippen molar-refractivity contribution in [3.8, 4) is 0 Å². The average molecular weight is 316 g/mol. The predicted octanol–water partition coefficient (Wildman–Crippen LogP) is 4.10. The van der Waals surface area contributed by atoms with Crippen LogP contribution in [0.3, 0.4) is 0 Å². The Morgan fingerprint density at radius 2 is 2.09 bits per heavy atom. The molecule has 0 aliphatic carbocycles. The molecule has 1 aliphatic rings. The van der Waals surface area contributed by atoms with Gasteiger partial charge in [-0.1, -0.05) is 45.4 Å². The number of rotatable bonds is 4. The van der Waals surface area contributed by atoms with Gasteiger partial charge >= 0.3 is 0 Å². The zero-order valence-electron chi connectivity index (χ0n) is 15.5. The molecule has 1 aromatic carbocycles. The lowest BCUT2D eigenvalue weighted by atomic mass is 9.65. The van der Waals surface area contributed by atoms with E-state index in [0.717, 1.165) is 31.4 Å². The molecule has 0 spiro atoms. The van der Waals surface area contributed by atoms with E-state index in [4.69, 9.17) is 0 Å². The van der Waals surface area contributed by atoms with E-state index in [0.29, 0.717) is 0 Å². The zero-order chi connectivity index (χ0) is 17.3. The minimum atomic E-state index is -0.585. The highest BCUT2D eigenvalue weighted by Crippen LogP contribution is 2.42. The Kier molecular flexibility index (Phi) is 5.20. The molecule has 23 heavy (non-hydrogen) atoms. The highest BCUT2D eigenvalue weighted by molar-refractivity contribution is 5.96. The monoisotopic (exact) mass is 316 g/mol. The Morgan fingerprint density at radius 3 is 2.70 bits per heavy atom. The first kappa shape index (κ1) is 18.0. The van der Waals surface area contributed by atoms with E-state index in [1.165, 1.54) is 11.1 Å². The van der Waals surface area contributed by atoms with Crippen LogP contribution in [0.2, 0.25) is 0 Å². The summed E-state index contributed by atoms with van der Waals surface area (Å²) < 4.78 is 0. The lowest BCUT2D eigenvalue weighted by molar-refractivity contribution is -0.129. The van der Waals surface area contributed by atoms with E-state index in [-0.39, 0.29) is 17.2 Å². The molecule has 2 rings (SSSR count). The maximum absolute atomic E-state index is 13.4. The molecule has 0 aromatic heterocycles. The number of hydrogen-bond donors (Lipinski definition) is 2. The summed E-state index contributed by atoms with van der Waals surface area (Å²) in [4.78, 5) is 13.4. The van der Waals surface area contributed by atoms with E-state index in [9.17, 15) is 4.79 Å². The number of nitrogens with one attached hydrogen (secondary N) is 2. The maximum Gasteiger partial charge on any atom is 0.175 e. The summed E-state index contributed by atoms with van der Waals surface area (Å²) in [5.41, 5.74) is 2.98. The van der Waals surface area contributed by atoms with Crippen LogP contribution in [0.15, 0.2) is 18.2 Å². The van der Waals surface area contributed by atoms with Gasteiger partial charge in [-0.3, -0.25) is 4.79 Å². The number of carbonyl (C=O) groups is 1. The van der Waals surface area contributed by atoms with Crippen LogP contribution in [-0.2, 0) is 11.2 Å². The normalized spacial score (nSPS) is 25.3. The number of aryl methyl sites for hydroxylation is 2. The summed E-state index contributed by atoms with van der Waals surface area (Å²) in [6.45, 7) is 10.8. The number of likely N-dealkylation sites (N-methyl/N-ethyl adjacent to an activating group) is 1. The third kappa shape index (κ3) is 3.16. The van der Waals surface area contributed by atoms with Gasteiger partial charge in [0.15, 0.2) is 5.78 Å². The number of ketones is 1. The molecule has 3 nitrogen and oxygen atoms in total. The van der Waals surface area contributed by atoms with E-state index in [2.05, 4.69) is 63.5 Å². The zero-order valence-corrected chi connectivity index (χ0v) is 15.5. The molecule has 1 aliphatic heterocycles. The molecule has 1 aromatic rings. The van der Waals surface area contributed by atoms with Crippen molar-refractivity contribution in [2.45, 2.75) is 71.9 Å². The highest BCUT2D eigenvalue weighted by Gasteiger charge is 2.49. The summed E-state index contributed by atoms with van der Waals surface area (Å²) in [6.07, 6.45) is 3.86. The van der Waals surface area contributed by atoms with E-state index < -0.39 is 5.54 Å². The molecule has 2 N–H and O–H groups in total. The molecule has 2 unspecified atom stereocenters. The van der Waals surface area contributed by atoms with Gasteiger partial charge < -0.3 is 10.6 Å². The summed E-state index contributed by atoms with van der Waals surface area (Å²) in [5.74, 6) is 0.285. The van der Waals surface area contributed by atoms with Gasteiger partial charge in [0.2, 0.25) is 0 Å². The standard InChI is InChI=1S/C20H32N2O/c1-7-13-19(3,4)20(5)18(23)16(21-6)12-11-15-10-8-9-14(2)17(15)22-20/h8-10,16,21-22H,7,11-13H2,1-6H3. The topological polar surface area (TPSA) is 41.1 Å². The summed E-state index contributed by atoms with van der Waals surface area (Å²) in [5, 5.41) is 6.94. The Balaban J connectivity index is 2.57. The van der Waals surface area contributed by atoms with E-state index in [1.807, 2.05) is 7.05 Å². The van der Waals surface area contributed by atoms with E-state index >= 15 is 0 Å². The molecule has 0 bridgehead atoms. The minimum Gasteiger partial charge on any atom is -0.372 e. The molecular weight excluding hydrogens is 284 g/mol. The fourth-order valence-corrected chi connectivity index (χ4v) is 3.86. The largest absolute Gasteiger partial charge is 0.372 e. The van der Waals surface area contributed by atoms with Crippen molar-refractivity contribution in [1.29, 1.82) is 0 Å². The number of anilines is 1. The van der Waals surface area contributed by atoms with Crippen LogP contribution in [0.1, 0.15) is 58.1 Å². The second-order valence-corrected chi connectivity index (χ2v) is 7.74. The van der Waals surface area contributed by atoms with Crippen molar-refractivity contribution >= 4 is 11.5 Å². The summed E-state index contributed by atoms with van der Waals surface area (Å²) in [6, 6.07) is 6.32. The molecule has 1 heterocycles. The van der Waals surface area contributed by atoms with Gasteiger partial charge in [-0.05, 0) is 56.7 Å². The van der Waals surface area contributed by atoms with Gasteiger partial charge in [0.1, 0.15) is 0 Å². The number of fused-ring (bicyclic) bond motifs is 1. The molecule has 0 radical (unpaired) electrons. The molecule has 0 saturated heterocycles. The van der Waals surface area contributed by atoms with Crippen molar-refractivity contribution < 1.29 is 4.79 Å². The van der Waals surface area contributed by atoms with Gasteiger partial charge in [-0.25, -0.2) is 0 Å². The van der Waals surface area contributed by atoms with Gasteiger partial charge in [-0.2, -0.15) is 0 Å². The molecule has 0 saturated carbocycles. The van der Waals surface area contributed by atoms with Crippen molar-refractivity contribution in [3.63, 3.8) is 0 Å². The van der Waals surface area contributed by atoms with E-state index in [1.54, 1.807) is 0 Å². The number of hydrogen-bond acceptors (Lipinski definition) is 3. The van der Waals surface area contributed by atoms with Crippen LogP contribution in [0.25, 0.3) is 0 Å². The fourth-order valence-electron chi connectivity index (χ4n) is 3.86. The maximum atomic E-state index is 13.4. The fraction of sp³-hybridized carbons (Fsp3) is 0.650. The van der Waals surface area contributed by atoms with Gasteiger partial charge in [0.05, 0.1) is 11.6 Å². The predicted molar refractivity (Wildman–Crippen MR) is 98.1 cm³/mol. The summed E-state index contributed by atoms with van der Waals surface area (Å²) in [7, 11) is 1.90. The van der Waals surface area contributed by atoms with Crippen LogP contribution < -0.4 is 10.6 Å². The molecule has 2 atom stereocenters. The molecule has 128 valence electrons. The molecular formula is C20H32N2O. The molecule has 3 heteroatoms. The third-order valence-electron chi connectivity index (χ3n) is 5.82. The molecule has 0 fully saturated rings. The Hall–Kier alpha value is -1.35. The lowest BCUT2D eigenvalue weighted by Crippen LogP contribution is -2.61. The van der Waals surface area contributed by atoms with Crippen molar-refractivity contribution in [2.24, 2.45) is 5.41 Å². The first-order chi connectivity index (χ1) is 10.8. The lowest BCUT2D eigenvalue weighted by Gasteiger charge is -2.47. The summed E-state index contributed by atoms with van der Waals surface area (Å²) >= 11 is 0. The van der Waals surface area contributed by atoms with Crippen LogP contribution in [0.5, 0.6) is 0 Å². The van der Waals surface area contributed by atoms with Crippen molar-refractivity contribution in [2.75, 3.05) is 12.4 Å². The average Bonchev–Trinajstić information content (AvgIpc) is 2.49. The number of carbonyl (C=O) groups excluding carboxylic acids is 1. The van der Waals surface area contributed by atoms with Crippen LogP contribution in [-0.4, -0.2) is 24.4 Å². The van der Waals surface area contributed by atoms with Gasteiger partial charge in [-0.15, -0.1) is 0 Å². The number of Topliss-reactive ketones (excluding diaryl/α,β-unsaturated/α-hetero) is 1. The quantitative estimate of drug-likeness (QED) is 0.879. The van der Waals surface area contributed by atoms with Gasteiger partial charge in [0, 0.05) is 5.69 Å².